The molecule has 23 heavy (non-hydrogen) atoms. The Kier molecular flexibility index (Phi) is 5.43. The molecule has 1 atom stereocenters. The van der Waals surface area contributed by atoms with Crippen molar-refractivity contribution in [2.24, 2.45) is 0 Å². The molecule has 0 saturated carbocycles. The van der Waals surface area contributed by atoms with Gasteiger partial charge in [0.15, 0.2) is 0 Å². The van der Waals surface area contributed by atoms with Crippen LogP contribution in [0.15, 0.2) is 12.4 Å². The molecule has 1 aromatic rings. The Balaban J connectivity index is 1.73. The standard InChI is InChI=1S/C17H26N4O2/c1-2-14-12-21(9-6-10-23-14)17(22)15-11-16(19-13-18-15)20-7-4-3-5-8-20/h11,13-14H,2-10,12H2,1H3/t14-/m1/s1. The summed E-state index contributed by atoms with van der Waals surface area (Å²) in [5.41, 5.74) is 0.498. The number of carbonyl (C=O) groups is 1. The Bertz CT molecular complexity index is 531. The van der Waals surface area contributed by atoms with Crippen molar-refractivity contribution in [1.82, 2.24) is 14.9 Å². The quantitative estimate of drug-likeness (QED) is 0.854. The van der Waals surface area contributed by atoms with Gasteiger partial charge < -0.3 is 14.5 Å². The molecule has 0 bridgehead atoms. The average Bonchev–Trinajstić information content (AvgIpc) is 2.87. The number of amides is 1. The summed E-state index contributed by atoms with van der Waals surface area (Å²) in [6.45, 7) is 6.24. The van der Waals surface area contributed by atoms with Gasteiger partial charge in [-0.05, 0) is 32.1 Å². The largest absolute Gasteiger partial charge is 0.376 e. The molecule has 2 fully saturated rings. The van der Waals surface area contributed by atoms with Crippen LogP contribution < -0.4 is 4.90 Å². The summed E-state index contributed by atoms with van der Waals surface area (Å²) < 4.78 is 5.75. The minimum Gasteiger partial charge on any atom is -0.376 e. The lowest BCUT2D eigenvalue weighted by Gasteiger charge is -2.28. The molecule has 0 unspecified atom stereocenters. The first kappa shape index (κ1) is 16.2. The Morgan fingerprint density at radius 1 is 1.22 bits per heavy atom. The SMILES string of the molecule is CC[C@@H]1CN(C(=O)c2cc(N3CCCCC3)ncn2)CCCO1. The highest BCUT2D eigenvalue weighted by atomic mass is 16.5. The maximum atomic E-state index is 12.8. The number of ether oxygens (including phenoxy) is 1. The molecule has 2 saturated heterocycles. The van der Waals surface area contributed by atoms with Gasteiger partial charge in [-0.25, -0.2) is 9.97 Å². The zero-order chi connectivity index (χ0) is 16.1. The number of hydrogen-bond donors (Lipinski definition) is 0. The fourth-order valence-corrected chi connectivity index (χ4v) is 3.25. The zero-order valence-corrected chi connectivity index (χ0v) is 13.9. The maximum Gasteiger partial charge on any atom is 0.272 e. The van der Waals surface area contributed by atoms with E-state index in [2.05, 4.69) is 21.8 Å². The molecule has 0 spiro atoms. The second-order valence-corrected chi connectivity index (χ2v) is 6.31. The van der Waals surface area contributed by atoms with Crippen LogP contribution >= 0.6 is 0 Å². The van der Waals surface area contributed by atoms with Crippen molar-refractivity contribution >= 4 is 11.7 Å². The van der Waals surface area contributed by atoms with Crippen LogP contribution in [0.2, 0.25) is 0 Å². The first-order valence-electron chi connectivity index (χ1n) is 8.76. The van der Waals surface area contributed by atoms with Crippen molar-refractivity contribution in [2.45, 2.75) is 45.1 Å². The van der Waals surface area contributed by atoms with Crippen molar-refractivity contribution in [3.8, 4) is 0 Å². The predicted octanol–water partition coefficient (Wildman–Crippen LogP) is 2.11. The summed E-state index contributed by atoms with van der Waals surface area (Å²) >= 11 is 0. The second-order valence-electron chi connectivity index (χ2n) is 6.31. The van der Waals surface area contributed by atoms with E-state index < -0.39 is 0 Å². The lowest BCUT2D eigenvalue weighted by Crippen LogP contribution is -2.37. The molecule has 3 heterocycles. The molecule has 0 aliphatic carbocycles. The van der Waals surface area contributed by atoms with E-state index >= 15 is 0 Å². The first-order valence-corrected chi connectivity index (χ1v) is 8.76. The fourth-order valence-electron chi connectivity index (χ4n) is 3.25. The van der Waals surface area contributed by atoms with Gasteiger partial charge in [0.1, 0.15) is 17.8 Å². The Labute approximate surface area is 137 Å². The van der Waals surface area contributed by atoms with Crippen LogP contribution in [-0.2, 0) is 4.74 Å². The summed E-state index contributed by atoms with van der Waals surface area (Å²) in [4.78, 5) is 25.5. The number of hydrogen-bond acceptors (Lipinski definition) is 5. The molecule has 6 nitrogen and oxygen atoms in total. The van der Waals surface area contributed by atoms with E-state index in [4.69, 9.17) is 4.74 Å². The average molecular weight is 318 g/mol. The van der Waals surface area contributed by atoms with Gasteiger partial charge in [-0.1, -0.05) is 6.92 Å². The van der Waals surface area contributed by atoms with Crippen molar-refractivity contribution in [3.63, 3.8) is 0 Å². The van der Waals surface area contributed by atoms with Gasteiger partial charge in [0.2, 0.25) is 0 Å². The molecule has 0 aromatic carbocycles. The Hall–Kier alpha value is -1.69. The Morgan fingerprint density at radius 2 is 2.04 bits per heavy atom. The Morgan fingerprint density at radius 3 is 2.83 bits per heavy atom. The lowest BCUT2D eigenvalue weighted by atomic mass is 10.1. The predicted molar refractivity (Wildman–Crippen MR) is 88.6 cm³/mol. The first-order chi connectivity index (χ1) is 11.3. The van der Waals surface area contributed by atoms with Gasteiger partial charge in [-0.2, -0.15) is 0 Å². The number of aromatic nitrogens is 2. The summed E-state index contributed by atoms with van der Waals surface area (Å²) in [6, 6.07) is 1.85. The topological polar surface area (TPSA) is 58.6 Å². The van der Waals surface area contributed by atoms with E-state index in [0.29, 0.717) is 12.2 Å². The number of nitrogens with zero attached hydrogens (tertiary/aromatic N) is 4. The van der Waals surface area contributed by atoms with Crippen LogP contribution in [0.4, 0.5) is 5.82 Å². The lowest BCUT2D eigenvalue weighted by molar-refractivity contribution is 0.0457. The van der Waals surface area contributed by atoms with Crippen LogP contribution in [0, 0.1) is 0 Å². The van der Waals surface area contributed by atoms with Crippen LogP contribution in [0.3, 0.4) is 0 Å². The van der Waals surface area contributed by atoms with Crippen LogP contribution in [-0.4, -0.2) is 59.7 Å². The second kappa shape index (κ2) is 7.73. The van der Waals surface area contributed by atoms with Crippen LogP contribution in [0.5, 0.6) is 0 Å². The maximum absolute atomic E-state index is 12.8. The molecule has 0 radical (unpaired) electrons. The number of rotatable bonds is 3. The van der Waals surface area contributed by atoms with Gasteiger partial charge in [-0.15, -0.1) is 0 Å². The van der Waals surface area contributed by atoms with E-state index in [1.807, 2.05) is 11.0 Å². The summed E-state index contributed by atoms with van der Waals surface area (Å²) in [7, 11) is 0. The summed E-state index contributed by atoms with van der Waals surface area (Å²) in [5, 5.41) is 0. The minimum atomic E-state index is -0.00499. The third-order valence-corrected chi connectivity index (χ3v) is 4.64. The number of carbonyl (C=O) groups excluding carboxylic acids is 1. The third kappa shape index (κ3) is 3.99. The molecular formula is C17H26N4O2. The van der Waals surface area contributed by atoms with E-state index in [-0.39, 0.29) is 12.0 Å². The van der Waals surface area contributed by atoms with Gasteiger partial charge in [0, 0.05) is 38.9 Å². The van der Waals surface area contributed by atoms with E-state index in [1.54, 1.807) is 0 Å². The molecule has 1 amide bonds. The van der Waals surface area contributed by atoms with E-state index in [1.165, 1.54) is 25.6 Å². The number of piperidine rings is 1. The normalized spacial score (nSPS) is 22.7. The van der Waals surface area contributed by atoms with Crippen molar-refractivity contribution < 1.29 is 9.53 Å². The minimum absolute atomic E-state index is 0.00499. The van der Waals surface area contributed by atoms with E-state index in [9.17, 15) is 4.79 Å². The molecule has 0 N–H and O–H groups in total. The molecular weight excluding hydrogens is 292 g/mol. The molecule has 2 aliphatic rings. The third-order valence-electron chi connectivity index (χ3n) is 4.64. The fraction of sp³-hybridized carbons (Fsp3) is 0.706. The highest BCUT2D eigenvalue weighted by Crippen LogP contribution is 2.19. The summed E-state index contributed by atoms with van der Waals surface area (Å²) in [5.74, 6) is 0.871. The van der Waals surface area contributed by atoms with Crippen LogP contribution in [0.1, 0.15) is 49.5 Å². The molecule has 2 aliphatic heterocycles. The van der Waals surface area contributed by atoms with Gasteiger partial charge in [0.25, 0.3) is 5.91 Å². The van der Waals surface area contributed by atoms with E-state index in [0.717, 1.165) is 44.9 Å². The molecule has 6 heteroatoms. The van der Waals surface area contributed by atoms with Gasteiger partial charge in [-0.3, -0.25) is 4.79 Å². The van der Waals surface area contributed by atoms with Crippen molar-refractivity contribution in [2.75, 3.05) is 37.7 Å². The number of anilines is 1. The zero-order valence-electron chi connectivity index (χ0n) is 13.9. The molecule has 1 aromatic heterocycles. The highest BCUT2D eigenvalue weighted by Gasteiger charge is 2.24. The highest BCUT2D eigenvalue weighted by molar-refractivity contribution is 5.93. The van der Waals surface area contributed by atoms with Crippen LogP contribution in [0.25, 0.3) is 0 Å². The van der Waals surface area contributed by atoms with Gasteiger partial charge in [0.05, 0.1) is 6.10 Å². The summed E-state index contributed by atoms with van der Waals surface area (Å²) in [6.07, 6.45) is 7.11. The van der Waals surface area contributed by atoms with Crippen molar-refractivity contribution in [3.05, 3.63) is 18.1 Å². The smallest absolute Gasteiger partial charge is 0.272 e. The molecule has 3 rings (SSSR count). The molecule has 126 valence electrons. The van der Waals surface area contributed by atoms with Crippen molar-refractivity contribution in [1.29, 1.82) is 0 Å². The monoisotopic (exact) mass is 318 g/mol. The van der Waals surface area contributed by atoms with Gasteiger partial charge >= 0.3 is 0 Å².